The first-order valence-electron chi connectivity index (χ1n) is 6.21. The van der Waals surface area contributed by atoms with Crippen LogP contribution < -0.4 is 4.62 Å². The van der Waals surface area contributed by atoms with Gasteiger partial charge < -0.3 is 87.7 Å². The van der Waals surface area contributed by atoms with Crippen LogP contribution in [0.4, 0.5) is 0 Å². The Morgan fingerprint density at radius 3 is 0.917 bits per heavy atom. The topological polar surface area (TPSA) is 489 Å². The molecule has 27 nitrogen and oxygen atoms in total. The molecule has 0 aliphatic heterocycles. The van der Waals surface area contributed by atoms with Gasteiger partial charge in [0, 0.05) is 17.0 Å². The number of hydrogen-bond acceptors (Lipinski definition) is 8. The summed E-state index contributed by atoms with van der Waals surface area (Å²) in [5.74, 6) is 0. The summed E-state index contributed by atoms with van der Waals surface area (Å²) in [6.07, 6.45) is 0. The summed E-state index contributed by atoms with van der Waals surface area (Å²) >= 11 is 0. The Labute approximate surface area is 201 Å². The molecule has 0 fully saturated rings. The zero-order chi connectivity index (χ0) is 30.8. The summed E-state index contributed by atoms with van der Waals surface area (Å²) in [4.78, 5) is 125. The lowest BCUT2D eigenvalue weighted by molar-refractivity contribution is 0.210. The van der Waals surface area contributed by atoms with E-state index in [1.807, 2.05) is 0 Å². The van der Waals surface area contributed by atoms with Gasteiger partial charge in [0.2, 0.25) is 0 Å². The van der Waals surface area contributed by atoms with Crippen molar-refractivity contribution in [2.75, 3.05) is 0 Å². The first kappa shape index (κ1) is 46.8. The van der Waals surface area contributed by atoms with E-state index in [2.05, 4.69) is 13.6 Å². The van der Waals surface area contributed by atoms with Crippen molar-refractivity contribution < 1.29 is 115 Å². The fourth-order valence-corrected chi connectivity index (χ4v) is 4.19. The third kappa shape index (κ3) is 207. The van der Waals surface area contributed by atoms with Crippen LogP contribution in [0, 0.1) is 0 Å². The SMILES string of the molecule is O=P(O)(O)O.O=P(O)(O)O.O=P(O)(O)O.O=P(O)(O)O.O=P(O)(O)O.O=P(O)(O)On1pn[pH][nH][pH]1. The molecule has 1 aromatic rings. The summed E-state index contributed by atoms with van der Waals surface area (Å²) < 4.78 is 66.6. The molecule has 0 saturated heterocycles. The molecule has 0 aromatic carbocycles. The van der Waals surface area contributed by atoms with Gasteiger partial charge in [-0.2, -0.15) is 13.4 Å². The van der Waals surface area contributed by atoms with Crippen LogP contribution in [0.2, 0.25) is 0 Å². The molecule has 1 aromatic heterocycles. The molecule has 0 spiro atoms. The highest BCUT2D eigenvalue weighted by molar-refractivity contribution is 7.48. The van der Waals surface area contributed by atoms with Crippen molar-refractivity contribution in [3.63, 3.8) is 0 Å². The van der Waals surface area contributed by atoms with Gasteiger partial charge in [-0.05, 0) is 0 Å². The van der Waals surface area contributed by atoms with Gasteiger partial charge in [0.05, 0.1) is 0 Å². The fourth-order valence-electron chi connectivity index (χ4n) is 0.321. The van der Waals surface area contributed by atoms with E-state index >= 15 is 0 Å². The highest BCUT2D eigenvalue weighted by Crippen LogP contribution is 2.33. The maximum atomic E-state index is 10.3. The largest absolute Gasteiger partial charge is 0.492 e. The van der Waals surface area contributed by atoms with Crippen molar-refractivity contribution in [1.82, 2.24) is 13.3 Å². The van der Waals surface area contributed by atoms with Gasteiger partial charge in [0.15, 0.2) is 8.51 Å². The Kier molecular flexibility index (Phi) is 27.0. The quantitative estimate of drug-likeness (QED) is 0.129. The molecular weight excluding hydrogens is 705 g/mol. The summed E-state index contributed by atoms with van der Waals surface area (Å²) in [6, 6.07) is 0. The molecule has 224 valence electrons. The zero-order valence-electron chi connectivity index (χ0n) is 16.0. The Morgan fingerprint density at radius 2 is 0.778 bits per heavy atom. The van der Waals surface area contributed by atoms with Gasteiger partial charge in [-0.15, -0.1) is 0 Å². The van der Waals surface area contributed by atoms with E-state index in [9.17, 15) is 4.57 Å². The van der Waals surface area contributed by atoms with Crippen LogP contribution >= 0.6 is 72.5 Å². The smallest absolute Gasteiger partial charge is 0.311 e. The van der Waals surface area contributed by atoms with Crippen molar-refractivity contribution >= 4 is 72.5 Å². The molecule has 0 aliphatic carbocycles. The molecule has 0 saturated carbocycles. The molecular formula is H20N3O24P9. The van der Waals surface area contributed by atoms with Crippen molar-refractivity contribution in [3.05, 3.63) is 0 Å². The molecule has 0 radical (unpaired) electrons. The van der Waals surface area contributed by atoms with Crippen LogP contribution in [-0.2, 0) is 27.4 Å². The average molecular weight is 725 g/mol. The van der Waals surface area contributed by atoms with E-state index in [-0.39, 0.29) is 17.0 Å². The zero-order valence-corrected chi connectivity index (χ0v) is 24.2. The number of phosphoric acid groups is 6. The predicted molar refractivity (Wildman–Crippen MR) is 116 cm³/mol. The minimum atomic E-state index is -4.64. The van der Waals surface area contributed by atoms with Crippen LogP contribution in [0.5, 0.6) is 0 Å². The predicted octanol–water partition coefficient (Wildman–Crippen LogP) is -4.14. The number of rotatable bonds is 2. The second-order valence-electron chi connectivity index (χ2n) is 3.95. The standard InChI is InChI=1S/H5N3O4P4.5H3O4P/c4-11(5,6)7-3-9-1-8-2-10-3;5*1-5(2,3)4/h1,8-9H,(H2,4,5,6);5*(H3,1,2,3,4). The van der Waals surface area contributed by atoms with Gasteiger partial charge in [-0.1, -0.05) is 0 Å². The first-order chi connectivity index (χ1) is 15.1. The normalized spacial score (nSPS) is 12.4. The maximum absolute atomic E-state index is 10.3. The van der Waals surface area contributed by atoms with Gasteiger partial charge >= 0.3 is 46.9 Å². The summed E-state index contributed by atoms with van der Waals surface area (Å²) in [6.45, 7) is 0. The Bertz CT molecular complexity index is 792. The fraction of sp³-hybridized carbons (Fsp3) is 0. The van der Waals surface area contributed by atoms with E-state index in [0.29, 0.717) is 8.51 Å². The number of aromatic amines is 1. The summed E-state index contributed by atoms with van der Waals surface area (Å²) in [5, 5.41) is 0. The maximum Gasteiger partial charge on any atom is 0.492 e. The minimum Gasteiger partial charge on any atom is -0.311 e. The third-order valence-electron chi connectivity index (χ3n) is 0.567. The number of aromatic nitrogens is 3. The van der Waals surface area contributed by atoms with Crippen molar-refractivity contribution in [1.29, 1.82) is 0 Å². The minimum absolute atomic E-state index is 0.0415. The third-order valence-corrected chi connectivity index (χ3v) is 3.97. The molecule has 2 unspecified atom stereocenters. The van der Waals surface area contributed by atoms with Crippen LogP contribution in [-0.4, -0.2) is 96.5 Å². The van der Waals surface area contributed by atoms with E-state index in [4.69, 9.17) is 106 Å². The van der Waals surface area contributed by atoms with Crippen molar-refractivity contribution in [2.24, 2.45) is 0 Å². The second kappa shape index (κ2) is 20.8. The van der Waals surface area contributed by atoms with Gasteiger partial charge in [-0.3, -0.25) is 0 Å². The number of nitrogens with zero attached hydrogens (tertiary/aromatic N) is 2. The van der Waals surface area contributed by atoms with Crippen LogP contribution in [0.1, 0.15) is 0 Å². The number of H-pyrrole nitrogens is 1. The van der Waals surface area contributed by atoms with Gasteiger partial charge in [-0.25, -0.2) is 27.4 Å². The van der Waals surface area contributed by atoms with E-state index in [1.54, 1.807) is 0 Å². The molecule has 1 rings (SSSR count). The van der Waals surface area contributed by atoms with E-state index < -0.39 is 46.9 Å². The van der Waals surface area contributed by atoms with Crippen LogP contribution in [0.25, 0.3) is 0 Å². The number of nitrogens with one attached hydrogen (secondary N) is 1. The van der Waals surface area contributed by atoms with Crippen LogP contribution in [0.3, 0.4) is 0 Å². The molecule has 2 atom stereocenters. The Balaban J connectivity index is -0.000000112. The molecule has 18 N–H and O–H groups in total. The van der Waals surface area contributed by atoms with Crippen molar-refractivity contribution in [2.45, 2.75) is 0 Å². The van der Waals surface area contributed by atoms with Gasteiger partial charge in [0.25, 0.3) is 0 Å². The van der Waals surface area contributed by atoms with Crippen molar-refractivity contribution in [3.8, 4) is 0 Å². The lowest BCUT2D eigenvalue weighted by Gasteiger charge is -2.03. The summed E-state index contributed by atoms with van der Waals surface area (Å²) in [5.41, 5.74) is 0. The highest BCUT2D eigenvalue weighted by Gasteiger charge is 2.14. The van der Waals surface area contributed by atoms with E-state index in [0.717, 1.165) is 4.26 Å². The van der Waals surface area contributed by atoms with E-state index in [1.165, 1.54) is 0 Å². The molecule has 36 heteroatoms. The monoisotopic (exact) mass is 725 g/mol. The van der Waals surface area contributed by atoms with Gasteiger partial charge in [0.1, 0.15) is 0 Å². The average Bonchev–Trinajstić information content (AvgIpc) is 2.36. The Hall–Kier alpha value is 0.960. The highest BCUT2D eigenvalue weighted by atomic mass is 31.2. The summed E-state index contributed by atoms with van der Waals surface area (Å²) in [7, 11) is -26.8. The first-order valence-corrected chi connectivity index (χ1v) is 18.3. The molecule has 0 amide bonds. The number of hydrogen-bond donors (Lipinski definition) is 18. The molecule has 0 aliphatic rings. The second-order valence-corrected chi connectivity index (χ2v) is 13.8. The lowest BCUT2D eigenvalue weighted by atomic mass is 13.5. The molecule has 36 heavy (non-hydrogen) atoms. The Morgan fingerprint density at radius 1 is 0.556 bits per heavy atom. The van der Waals surface area contributed by atoms with Crippen LogP contribution in [0.15, 0.2) is 0 Å². The molecule has 1 heterocycles. The molecule has 0 bridgehead atoms. The lowest BCUT2D eigenvalue weighted by Crippen LogP contribution is -2.01.